The van der Waals surface area contributed by atoms with Gasteiger partial charge < -0.3 is 16.0 Å². The summed E-state index contributed by atoms with van der Waals surface area (Å²) in [6, 6.07) is 7.26. The van der Waals surface area contributed by atoms with Gasteiger partial charge in [0.2, 0.25) is 5.95 Å². The largest absolute Gasteiger partial charge is 0.398 e. The van der Waals surface area contributed by atoms with Gasteiger partial charge in [-0.3, -0.25) is 0 Å². The average molecular weight is 1010 g/mol. The van der Waals surface area contributed by atoms with Crippen molar-refractivity contribution >= 4 is 78.3 Å². The second kappa shape index (κ2) is 20.0. The zero-order chi connectivity index (χ0) is 53.6. The molecule has 0 aliphatic heterocycles. The fourth-order valence-corrected chi connectivity index (χ4v) is 8.14. The Morgan fingerprint density at radius 3 is 1.53 bits per heavy atom. The van der Waals surface area contributed by atoms with E-state index in [1.54, 1.807) is 60.3 Å². The number of aromatic nitrogens is 16. The standard InChI is InChI=1S/C13H17N3.C10H12ClN3.C10H13FN4.2C10H14N4/c1-13(2,3)16-12-11(8-15-16)10(6-7-14-12)9-4-5-9;1-10(2,3)14-9-7(6-13-14)8(11)4-5-12-9;1-10(2,3)15-9-7(8(11)14-15)6(12)4-5-13-9;1-7-8-5-13-14(10(2,3)4)9(8)12-6-11-7;1-10(2,3)14-6-13-8-7(11)4-5-12-9(8)14/h6-9H,4-5H2,1-3H3;4-6H,1-3H3;4-5H,1-3H3,(H2,12,13);5-6H,1-4H3;4-6H,1-3H3,(H2,11,12). The molecule has 1 aliphatic carbocycles. The monoisotopic (exact) mass is 1010 g/mol. The highest BCUT2D eigenvalue weighted by atomic mass is 35.5. The van der Waals surface area contributed by atoms with Crippen molar-refractivity contribution in [2.75, 3.05) is 11.5 Å². The van der Waals surface area contributed by atoms with E-state index in [0.29, 0.717) is 27.4 Å². The molecule has 4 N–H and O–H groups in total. The summed E-state index contributed by atoms with van der Waals surface area (Å²) in [5.41, 5.74) is 19.4. The second-order valence-corrected chi connectivity index (χ2v) is 23.6. The highest BCUT2D eigenvalue weighted by Crippen LogP contribution is 2.43. The van der Waals surface area contributed by atoms with E-state index in [9.17, 15) is 4.39 Å². The number of fused-ring (bicyclic) bond motifs is 5. The molecular formula is C53H70ClFN18. The summed E-state index contributed by atoms with van der Waals surface area (Å²) >= 11 is 6.03. The zero-order valence-electron chi connectivity index (χ0n) is 45.1. The van der Waals surface area contributed by atoms with Gasteiger partial charge in [0.1, 0.15) is 11.8 Å². The van der Waals surface area contributed by atoms with Crippen molar-refractivity contribution in [3.05, 3.63) is 103 Å². The number of pyridine rings is 4. The van der Waals surface area contributed by atoms with E-state index >= 15 is 0 Å². The molecule has 18 nitrogen and oxygen atoms in total. The molecule has 0 aromatic carbocycles. The molecule has 11 rings (SSSR count). The number of nitrogen functional groups attached to an aromatic ring is 2. The normalized spacial score (nSPS) is 13.3. The number of hydrogen-bond donors (Lipinski definition) is 2. The molecule has 10 heterocycles. The van der Waals surface area contributed by atoms with Crippen LogP contribution in [0, 0.1) is 12.9 Å². The van der Waals surface area contributed by atoms with Gasteiger partial charge in [0, 0.05) is 41.4 Å². The lowest BCUT2D eigenvalue weighted by molar-refractivity contribution is 0.351. The van der Waals surface area contributed by atoms with Gasteiger partial charge >= 0.3 is 0 Å². The highest BCUT2D eigenvalue weighted by molar-refractivity contribution is 6.35. The zero-order valence-corrected chi connectivity index (χ0v) is 45.8. The van der Waals surface area contributed by atoms with Crippen molar-refractivity contribution in [3.8, 4) is 0 Å². The van der Waals surface area contributed by atoms with Gasteiger partial charge in [-0.25, -0.2) is 53.6 Å². The average Bonchev–Trinajstić information content (AvgIpc) is 3.78. The third-order valence-corrected chi connectivity index (χ3v) is 12.1. The Labute approximate surface area is 430 Å². The first-order valence-electron chi connectivity index (χ1n) is 24.3. The second-order valence-electron chi connectivity index (χ2n) is 23.1. The van der Waals surface area contributed by atoms with Crippen LogP contribution in [0.25, 0.3) is 55.3 Å². The van der Waals surface area contributed by atoms with Gasteiger partial charge in [-0.05, 0) is 159 Å². The molecule has 0 saturated heterocycles. The van der Waals surface area contributed by atoms with Crippen molar-refractivity contribution in [1.29, 1.82) is 0 Å². The predicted molar refractivity (Wildman–Crippen MR) is 291 cm³/mol. The van der Waals surface area contributed by atoms with E-state index in [0.717, 1.165) is 50.5 Å². The fraction of sp³-hybridized carbons (Fsp3) is 0.453. The highest BCUT2D eigenvalue weighted by Gasteiger charge is 2.28. The molecule has 73 heavy (non-hydrogen) atoms. The first-order chi connectivity index (χ1) is 34.0. The van der Waals surface area contributed by atoms with E-state index in [1.807, 2.05) is 64.9 Å². The minimum atomic E-state index is -0.564. The van der Waals surface area contributed by atoms with E-state index < -0.39 is 5.95 Å². The third kappa shape index (κ3) is 11.7. The molecular weight excluding hydrogens is 943 g/mol. The molecule has 0 atom stereocenters. The number of rotatable bonds is 1. The van der Waals surface area contributed by atoms with E-state index in [2.05, 4.69) is 144 Å². The lowest BCUT2D eigenvalue weighted by atomic mass is 10.1. The van der Waals surface area contributed by atoms with Crippen LogP contribution in [0.3, 0.4) is 0 Å². The van der Waals surface area contributed by atoms with Crippen LogP contribution in [0.1, 0.15) is 134 Å². The molecule has 0 spiro atoms. The Kier molecular flexibility index (Phi) is 14.7. The molecule has 386 valence electrons. The maximum Gasteiger partial charge on any atom is 0.244 e. The Balaban J connectivity index is 0.000000134. The van der Waals surface area contributed by atoms with E-state index in [1.165, 1.54) is 23.8 Å². The molecule has 0 bridgehead atoms. The molecule has 10 aromatic heterocycles. The number of anilines is 2. The van der Waals surface area contributed by atoms with Crippen LogP contribution in [-0.4, -0.2) is 78.6 Å². The summed E-state index contributed by atoms with van der Waals surface area (Å²) < 4.78 is 23.0. The van der Waals surface area contributed by atoms with Crippen LogP contribution in [0.4, 0.5) is 15.8 Å². The van der Waals surface area contributed by atoms with Gasteiger partial charge in [0.05, 0.1) is 79.6 Å². The number of aryl methyl sites for hydroxylation is 1. The maximum atomic E-state index is 13.5. The first-order valence-corrected chi connectivity index (χ1v) is 24.7. The molecule has 1 fully saturated rings. The number of imidazole rings is 1. The fourth-order valence-electron chi connectivity index (χ4n) is 7.95. The van der Waals surface area contributed by atoms with E-state index in [4.69, 9.17) is 23.1 Å². The van der Waals surface area contributed by atoms with Gasteiger partial charge in [-0.2, -0.15) is 19.7 Å². The van der Waals surface area contributed by atoms with Crippen LogP contribution in [-0.2, 0) is 27.7 Å². The van der Waals surface area contributed by atoms with Crippen LogP contribution in [0.15, 0.2) is 80.3 Å². The summed E-state index contributed by atoms with van der Waals surface area (Å²) in [4.78, 5) is 29.8. The Hall–Kier alpha value is -7.15. The van der Waals surface area contributed by atoms with Crippen LogP contribution < -0.4 is 11.5 Å². The topological polar surface area (TPSA) is 218 Å². The van der Waals surface area contributed by atoms with Crippen molar-refractivity contribution < 1.29 is 4.39 Å². The van der Waals surface area contributed by atoms with Gasteiger partial charge in [-0.1, -0.05) is 11.6 Å². The summed E-state index contributed by atoms with van der Waals surface area (Å²) in [5.74, 6) is 0.189. The molecule has 0 amide bonds. The quantitative estimate of drug-likeness (QED) is 0.157. The Morgan fingerprint density at radius 2 is 0.986 bits per heavy atom. The number of nitrogens with zero attached hydrogens (tertiary/aromatic N) is 16. The Morgan fingerprint density at radius 1 is 0.521 bits per heavy atom. The SMILES string of the molecule is CC(C)(C)n1cnc2c(N)ccnc21.CC(C)(C)n1nc(F)c2c(N)ccnc21.CC(C)(C)n1ncc2c(C3CC3)ccnc21.CC(C)(C)n1ncc2c(Cl)ccnc21.Cc1ncnc2c1cnn2C(C)(C)C. The van der Waals surface area contributed by atoms with Crippen molar-refractivity contribution in [1.82, 2.24) is 78.6 Å². The van der Waals surface area contributed by atoms with Crippen molar-refractivity contribution in [3.63, 3.8) is 0 Å². The lowest BCUT2D eigenvalue weighted by Crippen LogP contribution is -2.23. The molecule has 1 aliphatic rings. The minimum absolute atomic E-state index is 0.00305. The summed E-state index contributed by atoms with van der Waals surface area (Å²) in [6.45, 7) is 33.2. The first kappa shape index (κ1) is 53.6. The maximum absolute atomic E-state index is 13.5. The summed E-state index contributed by atoms with van der Waals surface area (Å²) in [6.07, 6.45) is 18.5. The smallest absolute Gasteiger partial charge is 0.244 e. The molecule has 10 aromatic rings. The van der Waals surface area contributed by atoms with Crippen molar-refractivity contribution in [2.24, 2.45) is 0 Å². The molecule has 20 heteroatoms. The van der Waals surface area contributed by atoms with E-state index in [-0.39, 0.29) is 27.7 Å². The van der Waals surface area contributed by atoms with Crippen LogP contribution in [0.2, 0.25) is 5.02 Å². The molecule has 1 saturated carbocycles. The Bertz CT molecular complexity index is 3310. The van der Waals surface area contributed by atoms with Crippen LogP contribution in [0.5, 0.6) is 0 Å². The van der Waals surface area contributed by atoms with Gasteiger partial charge in [0.15, 0.2) is 28.2 Å². The predicted octanol–water partition coefficient (Wildman–Crippen LogP) is 11.5. The van der Waals surface area contributed by atoms with Gasteiger partial charge in [0.25, 0.3) is 0 Å². The number of hydrogen-bond acceptors (Lipinski definition) is 13. The summed E-state index contributed by atoms with van der Waals surface area (Å²) in [7, 11) is 0. The lowest BCUT2D eigenvalue weighted by Gasteiger charge is -2.20. The number of halogens is 2. The third-order valence-electron chi connectivity index (χ3n) is 11.8. The van der Waals surface area contributed by atoms with Crippen molar-refractivity contribution in [2.45, 2.75) is 157 Å². The number of nitrogens with two attached hydrogens (primary N) is 2. The van der Waals surface area contributed by atoms with Gasteiger partial charge in [-0.15, -0.1) is 5.10 Å². The molecule has 0 radical (unpaired) electrons. The summed E-state index contributed by atoms with van der Waals surface area (Å²) in [5, 5.41) is 21.1. The molecule has 0 unspecified atom stereocenters. The minimum Gasteiger partial charge on any atom is -0.398 e. The van der Waals surface area contributed by atoms with Crippen LogP contribution >= 0.6 is 11.6 Å².